The van der Waals surface area contributed by atoms with E-state index >= 15 is 0 Å². The Morgan fingerprint density at radius 2 is 2.09 bits per heavy atom. The van der Waals surface area contributed by atoms with Gasteiger partial charge in [0.05, 0.1) is 0 Å². The molecule has 0 radical (unpaired) electrons. The molecule has 0 amide bonds. The zero-order valence-corrected chi connectivity index (χ0v) is 7.47. The van der Waals surface area contributed by atoms with Crippen LogP contribution in [0.4, 0.5) is 0 Å². The third-order valence-electron chi connectivity index (χ3n) is 2.01. The zero-order valence-electron chi connectivity index (χ0n) is 7.47. The van der Waals surface area contributed by atoms with E-state index in [1.54, 1.807) is 0 Å². The molecule has 0 aliphatic rings. The molecule has 2 nitrogen and oxygen atoms in total. The molecule has 0 rings (SSSR count). The van der Waals surface area contributed by atoms with Gasteiger partial charge in [-0.05, 0) is 12.3 Å². The standard InChI is InChI=1S/C9H18O2/c1-3-5-6-8(4-2)7-9(10)11/h8H,3-7H2,1-2H3,(H,10,11). The second-order valence-electron chi connectivity index (χ2n) is 3.01. The molecular weight excluding hydrogens is 140 g/mol. The van der Waals surface area contributed by atoms with Gasteiger partial charge in [0, 0.05) is 6.42 Å². The average molecular weight is 158 g/mol. The van der Waals surface area contributed by atoms with E-state index in [1.165, 1.54) is 0 Å². The predicted molar refractivity (Wildman–Crippen MR) is 45.6 cm³/mol. The van der Waals surface area contributed by atoms with Crippen molar-refractivity contribution in [2.45, 2.75) is 46.0 Å². The number of hydrogen-bond donors (Lipinski definition) is 1. The maximum absolute atomic E-state index is 10.3. The lowest BCUT2D eigenvalue weighted by Gasteiger charge is -2.10. The zero-order chi connectivity index (χ0) is 8.69. The van der Waals surface area contributed by atoms with E-state index in [0.29, 0.717) is 12.3 Å². The first-order valence-corrected chi connectivity index (χ1v) is 4.42. The minimum absolute atomic E-state index is 0.344. The molecule has 1 atom stereocenters. The van der Waals surface area contributed by atoms with Crippen LogP contribution in [0.25, 0.3) is 0 Å². The smallest absolute Gasteiger partial charge is 0.303 e. The van der Waals surface area contributed by atoms with Crippen LogP contribution in [-0.2, 0) is 4.79 Å². The maximum Gasteiger partial charge on any atom is 0.303 e. The van der Waals surface area contributed by atoms with E-state index < -0.39 is 5.97 Å². The summed E-state index contributed by atoms with van der Waals surface area (Å²) in [4.78, 5) is 10.3. The lowest BCUT2D eigenvalue weighted by molar-refractivity contribution is -0.138. The van der Waals surface area contributed by atoms with Crippen LogP contribution >= 0.6 is 0 Å². The number of rotatable bonds is 6. The van der Waals surface area contributed by atoms with E-state index in [2.05, 4.69) is 13.8 Å². The Morgan fingerprint density at radius 1 is 1.45 bits per heavy atom. The highest BCUT2D eigenvalue weighted by Gasteiger charge is 2.09. The molecule has 0 spiro atoms. The third-order valence-corrected chi connectivity index (χ3v) is 2.01. The highest BCUT2D eigenvalue weighted by atomic mass is 16.4. The Bertz CT molecular complexity index is 110. The molecule has 1 unspecified atom stereocenters. The molecular formula is C9H18O2. The van der Waals surface area contributed by atoms with Crippen LogP contribution in [0.2, 0.25) is 0 Å². The third kappa shape index (κ3) is 5.89. The van der Waals surface area contributed by atoms with Crippen molar-refractivity contribution >= 4 is 5.97 Å². The molecule has 11 heavy (non-hydrogen) atoms. The fourth-order valence-electron chi connectivity index (χ4n) is 1.19. The van der Waals surface area contributed by atoms with Crippen molar-refractivity contribution in [1.82, 2.24) is 0 Å². The summed E-state index contributed by atoms with van der Waals surface area (Å²) in [5.74, 6) is -0.264. The number of hydrogen-bond acceptors (Lipinski definition) is 1. The van der Waals surface area contributed by atoms with E-state index in [4.69, 9.17) is 5.11 Å². The first kappa shape index (κ1) is 10.5. The Morgan fingerprint density at radius 3 is 2.45 bits per heavy atom. The van der Waals surface area contributed by atoms with Gasteiger partial charge in [-0.3, -0.25) is 4.79 Å². The van der Waals surface area contributed by atoms with Crippen LogP contribution in [-0.4, -0.2) is 11.1 Å². The molecule has 0 aromatic carbocycles. The molecule has 0 saturated carbocycles. The second-order valence-corrected chi connectivity index (χ2v) is 3.01. The van der Waals surface area contributed by atoms with Crippen molar-refractivity contribution in [3.63, 3.8) is 0 Å². The number of carbonyl (C=O) groups is 1. The van der Waals surface area contributed by atoms with Gasteiger partial charge >= 0.3 is 5.97 Å². The summed E-state index contributed by atoms with van der Waals surface area (Å²) in [7, 11) is 0. The van der Waals surface area contributed by atoms with Crippen molar-refractivity contribution in [3.8, 4) is 0 Å². The van der Waals surface area contributed by atoms with Gasteiger partial charge < -0.3 is 5.11 Å². The quantitative estimate of drug-likeness (QED) is 0.645. The van der Waals surface area contributed by atoms with Gasteiger partial charge in [-0.1, -0.05) is 33.1 Å². The number of carboxylic acid groups (broad SMARTS) is 1. The van der Waals surface area contributed by atoms with E-state index in [9.17, 15) is 4.79 Å². The second kappa shape index (κ2) is 6.20. The topological polar surface area (TPSA) is 37.3 Å². The summed E-state index contributed by atoms with van der Waals surface area (Å²) in [6.45, 7) is 4.19. The molecule has 0 aromatic heterocycles. The summed E-state index contributed by atoms with van der Waals surface area (Å²) < 4.78 is 0. The fraction of sp³-hybridized carbons (Fsp3) is 0.889. The molecule has 0 aliphatic carbocycles. The van der Waals surface area contributed by atoms with Crippen LogP contribution in [0.15, 0.2) is 0 Å². The maximum atomic E-state index is 10.3. The summed E-state index contributed by atoms with van der Waals surface area (Å²) in [5, 5.41) is 8.51. The minimum atomic E-state index is -0.659. The normalized spacial score (nSPS) is 12.9. The predicted octanol–water partition coefficient (Wildman–Crippen LogP) is 2.68. The average Bonchev–Trinajstić information content (AvgIpc) is 1.97. The summed E-state index contributed by atoms with van der Waals surface area (Å²) >= 11 is 0. The van der Waals surface area contributed by atoms with Crippen molar-refractivity contribution in [3.05, 3.63) is 0 Å². The van der Waals surface area contributed by atoms with E-state index in [1.807, 2.05) is 0 Å². The highest BCUT2D eigenvalue weighted by Crippen LogP contribution is 2.15. The van der Waals surface area contributed by atoms with Crippen LogP contribution in [0.1, 0.15) is 46.0 Å². The lowest BCUT2D eigenvalue weighted by Crippen LogP contribution is -2.06. The molecule has 0 fully saturated rings. The van der Waals surface area contributed by atoms with Crippen LogP contribution in [0.3, 0.4) is 0 Å². The SMILES string of the molecule is CCCCC(CC)CC(=O)O. The highest BCUT2D eigenvalue weighted by molar-refractivity contribution is 5.66. The van der Waals surface area contributed by atoms with Crippen LogP contribution in [0.5, 0.6) is 0 Å². The van der Waals surface area contributed by atoms with Crippen molar-refractivity contribution in [2.75, 3.05) is 0 Å². The Balaban J connectivity index is 3.49. The van der Waals surface area contributed by atoms with Crippen LogP contribution < -0.4 is 0 Å². The Hall–Kier alpha value is -0.530. The molecule has 0 heterocycles. The molecule has 2 heteroatoms. The summed E-state index contributed by atoms with van der Waals surface area (Å²) in [5.41, 5.74) is 0. The minimum Gasteiger partial charge on any atom is -0.481 e. The molecule has 1 N–H and O–H groups in total. The Labute approximate surface area is 68.6 Å². The lowest BCUT2D eigenvalue weighted by atomic mass is 9.96. The van der Waals surface area contributed by atoms with Gasteiger partial charge in [0.2, 0.25) is 0 Å². The monoisotopic (exact) mass is 158 g/mol. The van der Waals surface area contributed by atoms with Gasteiger partial charge in [-0.15, -0.1) is 0 Å². The fourth-order valence-corrected chi connectivity index (χ4v) is 1.19. The first-order chi connectivity index (χ1) is 5.20. The molecule has 66 valence electrons. The summed E-state index contributed by atoms with van der Waals surface area (Å²) in [6.07, 6.45) is 4.73. The van der Waals surface area contributed by atoms with Gasteiger partial charge in [-0.25, -0.2) is 0 Å². The largest absolute Gasteiger partial charge is 0.481 e. The number of carboxylic acids is 1. The van der Waals surface area contributed by atoms with Gasteiger partial charge in [0.1, 0.15) is 0 Å². The number of aliphatic carboxylic acids is 1. The molecule has 0 aromatic rings. The Kier molecular flexibility index (Phi) is 5.90. The summed E-state index contributed by atoms with van der Waals surface area (Å²) in [6, 6.07) is 0. The first-order valence-electron chi connectivity index (χ1n) is 4.42. The molecule has 0 saturated heterocycles. The number of unbranched alkanes of at least 4 members (excludes halogenated alkanes) is 1. The van der Waals surface area contributed by atoms with Crippen molar-refractivity contribution < 1.29 is 9.90 Å². The van der Waals surface area contributed by atoms with E-state index in [-0.39, 0.29) is 0 Å². The van der Waals surface area contributed by atoms with Gasteiger partial charge in [-0.2, -0.15) is 0 Å². The molecule has 0 aliphatic heterocycles. The van der Waals surface area contributed by atoms with Gasteiger partial charge in [0.15, 0.2) is 0 Å². The van der Waals surface area contributed by atoms with Crippen molar-refractivity contribution in [2.24, 2.45) is 5.92 Å². The van der Waals surface area contributed by atoms with Gasteiger partial charge in [0.25, 0.3) is 0 Å². The van der Waals surface area contributed by atoms with Crippen LogP contribution in [0, 0.1) is 5.92 Å². The molecule has 0 bridgehead atoms. The van der Waals surface area contributed by atoms with E-state index in [0.717, 1.165) is 25.7 Å². The van der Waals surface area contributed by atoms with Crippen molar-refractivity contribution in [1.29, 1.82) is 0 Å².